The van der Waals surface area contributed by atoms with Gasteiger partial charge >= 0.3 is 0 Å². The van der Waals surface area contributed by atoms with Gasteiger partial charge in [0.25, 0.3) is 0 Å². The molecule has 2 N–H and O–H groups in total. The van der Waals surface area contributed by atoms with Crippen molar-refractivity contribution >= 4 is 29.9 Å². The number of halogens is 2. The zero-order chi connectivity index (χ0) is 13.7. The highest BCUT2D eigenvalue weighted by Crippen LogP contribution is 2.23. The normalized spacial score (nSPS) is 11.4. The van der Waals surface area contributed by atoms with Gasteiger partial charge < -0.3 is 15.4 Å². The molecular formula is C13H20Cl2N2O2. The van der Waals surface area contributed by atoms with Gasteiger partial charge in [0.2, 0.25) is 5.91 Å². The number of rotatable bonds is 5. The van der Waals surface area contributed by atoms with Crippen molar-refractivity contribution in [3.8, 4) is 5.75 Å². The van der Waals surface area contributed by atoms with Crippen molar-refractivity contribution in [2.24, 2.45) is 5.73 Å². The lowest BCUT2D eigenvalue weighted by Crippen LogP contribution is -2.31. The van der Waals surface area contributed by atoms with Gasteiger partial charge in [-0.05, 0) is 25.1 Å². The number of amides is 1. The Morgan fingerprint density at radius 3 is 2.68 bits per heavy atom. The van der Waals surface area contributed by atoms with E-state index in [4.69, 9.17) is 22.1 Å². The first-order chi connectivity index (χ1) is 8.43. The van der Waals surface area contributed by atoms with Crippen LogP contribution in [0.1, 0.15) is 18.9 Å². The molecule has 1 aromatic rings. The van der Waals surface area contributed by atoms with Crippen molar-refractivity contribution in [2.75, 3.05) is 14.2 Å². The summed E-state index contributed by atoms with van der Waals surface area (Å²) in [5.74, 6) is 0.729. The summed E-state index contributed by atoms with van der Waals surface area (Å²) in [4.78, 5) is 13.4. The molecule has 0 saturated carbocycles. The molecule has 1 amide bonds. The van der Waals surface area contributed by atoms with E-state index in [1.54, 1.807) is 37.3 Å². The van der Waals surface area contributed by atoms with Crippen LogP contribution in [0, 0.1) is 0 Å². The van der Waals surface area contributed by atoms with Crippen LogP contribution in [0.2, 0.25) is 5.02 Å². The van der Waals surface area contributed by atoms with Gasteiger partial charge in [-0.1, -0.05) is 11.6 Å². The third-order valence-corrected chi connectivity index (χ3v) is 2.81. The average Bonchev–Trinajstić information content (AvgIpc) is 2.28. The van der Waals surface area contributed by atoms with Crippen LogP contribution in [-0.2, 0) is 11.3 Å². The third-order valence-electron chi connectivity index (χ3n) is 2.57. The Hall–Kier alpha value is -0.970. The fourth-order valence-electron chi connectivity index (χ4n) is 1.65. The van der Waals surface area contributed by atoms with E-state index in [1.165, 1.54) is 0 Å². The topological polar surface area (TPSA) is 55.6 Å². The molecule has 0 radical (unpaired) electrons. The second-order valence-corrected chi connectivity index (χ2v) is 4.82. The van der Waals surface area contributed by atoms with Crippen LogP contribution in [-0.4, -0.2) is 31.0 Å². The van der Waals surface area contributed by atoms with Gasteiger partial charge in [0, 0.05) is 36.6 Å². The van der Waals surface area contributed by atoms with Gasteiger partial charge in [0.1, 0.15) is 5.75 Å². The summed E-state index contributed by atoms with van der Waals surface area (Å²) in [7, 11) is 3.33. The highest BCUT2D eigenvalue weighted by molar-refractivity contribution is 6.30. The number of nitrogens with two attached hydrogens (primary N) is 1. The van der Waals surface area contributed by atoms with E-state index in [-0.39, 0.29) is 24.4 Å². The summed E-state index contributed by atoms with van der Waals surface area (Å²) < 4.78 is 5.24. The van der Waals surface area contributed by atoms with Gasteiger partial charge in [0.15, 0.2) is 0 Å². The maximum atomic E-state index is 11.8. The van der Waals surface area contributed by atoms with Crippen molar-refractivity contribution in [1.29, 1.82) is 0 Å². The fourth-order valence-corrected chi connectivity index (χ4v) is 1.84. The Morgan fingerprint density at radius 1 is 1.53 bits per heavy atom. The molecule has 0 saturated heterocycles. The fraction of sp³-hybridized carbons (Fsp3) is 0.462. The molecule has 0 aliphatic rings. The summed E-state index contributed by atoms with van der Waals surface area (Å²) in [5.41, 5.74) is 6.49. The number of ether oxygens (including phenoxy) is 1. The lowest BCUT2D eigenvalue weighted by molar-refractivity contribution is -0.130. The maximum absolute atomic E-state index is 11.8. The summed E-state index contributed by atoms with van der Waals surface area (Å²) >= 11 is 5.94. The van der Waals surface area contributed by atoms with E-state index in [0.29, 0.717) is 18.0 Å². The van der Waals surface area contributed by atoms with E-state index in [9.17, 15) is 4.79 Å². The standard InChI is InChI=1S/C13H19ClN2O2.ClH/c1-9(15)6-13(17)16(2)8-10-7-11(14)4-5-12(10)18-3;/h4-5,7,9H,6,8,15H2,1-3H3;1H. The van der Waals surface area contributed by atoms with Crippen molar-refractivity contribution in [3.63, 3.8) is 0 Å². The van der Waals surface area contributed by atoms with E-state index >= 15 is 0 Å². The Kier molecular flexibility index (Phi) is 7.83. The average molecular weight is 307 g/mol. The number of hydrogen-bond acceptors (Lipinski definition) is 3. The third kappa shape index (κ3) is 5.68. The molecule has 0 aliphatic carbocycles. The molecule has 108 valence electrons. The molecule has 1 atom stereocenters. The van der Waals surface area contributed by atoms with Gasteiger partial charge in [-0.25, -0.2) is 0 Å². The van der Waals surface area contributed by atoms with Crippen molar-refractivity contribution in [1.82, 2.24) is 4.90 Å². The Bertz CT molecular complexity index is 425. The molecule has 0 aliphatic heterocycles. The van der Waals surface area contributed by atoms with Gasteiger partial charge in [0.05, 0.1) is 7.11 Å². The molecule has 0 bridgehead atoms. The molecule has 1 aromatic carbocycles. The predicted octanol–water partition coefficient (Wildman–Crippen LogP) is 2.47. The molecule has 1 unspecified atom stereocenters. The Labute approximate surface area is 125 Å². The zero-order valence-corrected chi connectivity index (χ0v) is 12.9. The lowest BCUT2D eigenvalue weighted by atomic mass is 10.1. The van der Waals surface area contributed by atoms with Crippen LogP contribution >= 0.6 is 24.0 Å². The number of hydrogen-bond donors (Lipinski definition) is 1. The first-order valence-electron chi connectivity index (χ1n) is 5.76. The number of methoxy groups -OCH3 is 1. The number of nitrogens with zero attached hydrogens (tertiary/aromatic N) is 1. The smallest absolute Gasteiger partial charge is 0.224 e. The summed E-state index contributed by atoms with van der Waals surface area (Å²) in [6, 6.07) is 5.21. The van der Waals surface area contributed by atoms with Crippen LogP contribution in [0.15, 0.2) is 18.2 Å². The van der Waals surface area contributed by atoms with E-state index < -0.39 is 0 Å². The summed E-state index contributed by atoms with van der Waals surface area (Å²) in [5, 5.41) is 0.624. The maximum Gasteiger partial charge on any atom is 0.224 e. The van der Waals surface area contributed by atoms with Crippen LogP contribution < -0.4 is 10.5 Å². The second-order valence-electron chi connectivity index (χ2n) is 4.39. The van der Waals surface area contributed by atoms with Crippen molar-refractivity contribution in [2.45, 2.75) is 25.9 Å². The Balaban J connectivity index is 0.00000324. The number of benzene rings is 1. The SMILES string of the molecule is COc1ccc(Cl)cc1CN(C)C(=O)CC(C)N.Cl. The molecule has 19 heavy (non-hydrogen) atoms. The number of carbonyl (C=O) groups is 1. The molecule has 0 spiro atoms. The molecule has 0 aromatic heterocycles. The van der Waals surface area contributed by atoms with Crippen LogP contribution in [0.5, 0.6) is 5.75 Å². The van der Waals surface area contributed by atoms with Gasteiger partial charge in [-0.3, -0.25) is 4.79 Å². The predicted molar refractivity (Wildman–Crippen MR) is 80.0 cm³/mol. The molecular weight excluding hydrogens is 287 g/mol. The minimum Gasteiger partial charge on any atom is -0.496 e. The highest BCUT2D eigenvalue weighted by atomic mass is 35.5. The minimum absolute atomic E-state index is 0. The van der Waals surface area contributed by atoms with E-state index in [1.807, 2.05) is 6.92 Å². The van der Waals surface area contributed by atoms with Crippen LogP contribution in [0.4, 0.5) is 0 Å². The van der Waals surface area contributed by atoms with E-state index in [0.717, 1.165) is 11.3 Å². The highest BCUT2D eigenvalue weighted by Gasteiger charge is 2.13. The summed E-state index contributed by atoms with van der Waals surface area (Å²) in [6.07, 6.45) is 0.333. The second kappa shape index (κ2) is 8.25. The molecule has 0 heterocycles. The van der Waals surface area contributed by atoms with Gasteiger partial charge in [-0.2, -0.15) is 0 Å². The summed E-state index contributed by atoms with van der Waals surface area (Å²) in [6.45, 7) is 2.26. The number of carbonyl (C=O) groups excluding carboxylic acids is 1. The molecule has 1 rings (SSSR count). The first-order valence-corrected chi connectivity index (χ1v) is 6.13. The van der Waals surface area contributed by atoms with Crippen molar-refractivity contribution < 1.29 is 9.53 Å². The van der Waals surface area contributed by atoms with Crippen molar-refractivity contribution in [3.05, 3.63) is 28.8 Å². The lowest BCUT2D eigenvalue weighted by Gasteiger charge is -2.20. The monoisotopic (exact) mass is 306 g/mol. The Morgan fingerprint density at radius 2 is 2.16 bits per heavy atom. The first kappa shape index (κ1) is 18.0. The van der Waals surface area contributed by atoms with Crippen LogP contribution in [0.25, 0.3) is 0 Å². The molecule has 6 heteroatoms. The molecule has 4 nitrogen and oxygen atoms in total. The van der Waals surface area contributed by atoms with Gasteiger partial charge in [-0.15, -0.1) is 12.4 Å². The zero-order valence-electron chi connectivity index (χ0n) is 11.4. The molecule has 0 fully saturated rings. The van der Waals surface area contributed by atoms with E-state index in [2.05, 4.69) is 0 Å². The van der Waals surface area contributed by atoms with Crippen LogP contribution in [0.3, 0.4) is 0 Å². The largest absolute Gasteiger partial charge is 0.496 e. The minimum atomic E-state index is -0.138. The quantitative estimate of drug-likeness (QED) is 0.909.